The maximum atomic E-state index is 12.3. The zero-order valence-corrected chi connectivity index (χ0v) is 11.6. The number of piperidine rings is 1. The Bertz CT molecular complexity index is 566. The van der Waals surface area contributed by atoms with Crippen LogP contribution in [0.2, 0.25) is 0 Å². The van der Waals surface area contributed by atoms with Crippen LogP contribution in [0.1, 0.15) is 28.8 Å². The highest BCUT2D eigenvalue weighted by atomic mass is 16.2. The van der Waals surface area contributed by atoms with Gasteiger partial charge < -0.3 is 4.90 Å². The van der Waals surface area contributed by atoms with Crippen LogP contribution in [0, 0.1) is 5.92 Å². The lowest BCUT2D eigenvalue weighted by Crippen LogP contribution is -2.38. The molecule has 0 aromatic carbocycles. The number of aromatic amines is 1. The van der Waals surface area contributed by atoms with Crippen molar-refractivity contribution in [3.63, 3.8) is 0 Å². The molecule has 3 heterocycles. The molecule has 20 heavy (non-hydrogen) atoms. The zero-order valence-electron chi connectivity index (χ0n) is 11.6. The Morgan fingerprint density at radius 2 is 2.20 bits per heavy atom. The summed E-state index contributed by atoms with van der Waals surface area (Å²) >= 11 is 0. The van der Waals surface area contributed by atoms with Crippen LogP contribution in [0.3, 0.4) is 0 Å². The minimum atomic E-state index is 0.0971. The average Bonchev–Trinajstić information content (AvgIpc) is 3.10. The Morgan fingerprint density at radius 3 is 2.80 bits per heavy atom. The van der Waals surface area contributed by atoms with E-state index in [1.165, 1.54) is 5.56 Å². The highest BCUT2D eigenvalue weighted by Crippen LogP contribution is 2.22. The molecule has 1 amide bonds. The summed E-state index contributed by atoms with van der Waals surface area (Å²) in [5, 5.41) is 10.9. The maximum absolute atomic E-state index is 12.3. The van der Waals surface area contributed by atoms with E-state index in [-0.39, 0.29) is 5.91 Å². The van der Waals surface area contributed by atoms with E-state index in [9.17, 15) is 4.79 Å². The molecule has 3 rings (SSSR count). The van der Waals surface area contributed by atoms with Crippen molar-refractivity contribution < 1.29 is 4.79 Å². The SMILES string of the molecule is Cn1cc(C(=O)N2CCC(Cc3cn[nH]c3)CC2)cn1. The number of hydrogen-bond acceptors (Lipinski definition) is 3. The molecule has 106 valence electrons. The topological polar surface area (TPSA) is 66.8 Å². The van der Waals surface area contributed by atoms with E-state index in [0.29, 0.717) is 11.5 Å². The first kappa shape index (κ1) is 12.9. The molecule has 1 N–H and O–H groups in total. The molecule has 2 aromatic rings. The summed E-state index contributed by atoms with van der Waals surface area (Å²) in [5.74, 6) is 0.741. The molecule has 0 bridgehead atoms. The first-order chi connectivity index (χ1) is 9.72. The third kappa shape index (κ3) is 2.74. The van der Waals surface area contributed by atoms with Crippen molar-refractivity contribution in [1.29, 1.82) is 0 Å². The van der Waals surface area contributed by atoms with Crippen LogP contribution >= 0.6 is 0 Å². The number of aryl methyl sites for hydroxylation is 1. The van der Waals surface area contributed by atoms with Crippen molar-refractivity contribution in [1.82, 2.24) is 24.9 Å². The number of nitrogens with zero attached hydrogens (tertiary/aromatic N) is 4. The number of carbonyl (C=O) groups is 1. The van der Waals surface area contributed by atoms with Gasteiger partial charge in [0.1, 0.15) is 0 Å². The number of H-pyrrole nitrogens is 1. The normalized spacial score (nSPS) is 16.6. The minimum absolute atomic E-state index is 0.0971. The van der Waals surface area contributed by atoms with Gasteiger partial charge in [-0.05, 0) is 30.7 Å². The van der Waals surface area contributed by atoms with Crippen molar-refractivity contribution in [2.45, 2.75) is 19.3 Å². The van der Waals surface area contributed by atoms with Crippen molar-refractivity contribution >= 4 is 5.91 Å². The number of amides is 1. The molecule has 0 aliphatic carbocycles. The van der Waals surface area contributed by atoms with E-state index < -0.39 is 0 Å². The number of nitrogens with one attached hydrogen (secondary N) is 1. The van der Waals surface area contributed by atoms with Crippen LogP contribution in [-0.2, 0) is 13.5 Å². The number of likely N-dealkylation sites (tertiary alicyclic amines) is 1. The number of aromatic nitrogens is 4. The molecule has 1 aliphatic heterocycles. The second-order valence-electron chi connectivity index (χ2n) is 5.45. The Labute approximate surface area is 117 Å². The molecule has 1 fully saturated rings. The van der Waals surface area contributed by atoms with Crippen LogP contribution in [-0.4, -0.2) is 43.9 Å². The van der Waals surface area contributed by atoms with Crippen LogP contribution in [0.4, 0.5) is 0 Å². The summed E-state index contributed by atoms with van der Waals surface area (Å²) in [5.41, 5.74) is 1.93. The highest BCUT2D eigenvalue weighted by molar-refractivity contribution is 5.93. The van der Waals surface area contributed by atoms with Crippen LogP contribution in [0.25, 0.3) is 0 Å². The predicted octanol–water partition coefficient (Wildman–Crippen LogP) is 1.24. The van der Waals surface area contributed by atoms with Crippen molar-refractivity contribution in [2.75, 3.05) is 13.1 Å². The molecule has 0 atom stereocenters. The fourth-order valence-corrected chi connectivity index (χ4v) is 2.78. The van der Waals surface area contributed by atoms with Gasteiger partial charge in [-0.1, -0.05) is 0 Å². The molecule has 0 spiro atoms. The predicted molar refractivity (Wildman–Crippen MR) is 74.1 cm³/mol. The number of rotatable bonds is 3. The average molecular weight is 273 g/mol. The Balaban J connectivity index is 1.54. The van der Waals surface area contributed by atoms with Gasteiger partial charge in [0.25, 0.3) is 5.91 Å². The fourth-order valence-electron chi connectivity index (χ4n) is 2.78. The summed E-state index contributed by atoms with van der Waals surface area (Å²) in [6.45, 7) is 1.66. The summed E-state index contributed by atoms with van der Waals surface area (Å²) < 4.78 is 1.67. The van der Waals surface area contributed by atoms with E-state index >= 15 is 0 Å². The first-order valence-corrected chi connectivity index (χ1v) is 6.98. The molecule has 2 aromatic heterocycles. The zero-order chi connectivity index (χ0) is 13.9. The second-order valence-corrected chi connectivity index (χ2v) is 5.45. The summed E-state index contributed by atoms with van der Waals surface area (Å²) in [6, 6.07) is 0. The van der Waals surface area contributed by atoms with Crippen molar-refractivity contribution in [3.05, 3.63) is 35.9 Å². The van der Waals surface area contributed by atoms with E-state index in [2.05, 4.69) is 15.3 Å². The lowest BCUT2D eigenvalue weighted by molar-refractivity contribution is 0.0690. The van der Waals surface area contributed by atoms with Crippen molar-refractivity contribution in [2.24, 2.45) is 13.0 Å². The first-order valence-electron chi connectivity index (χ1n) is 6.98. The maximum Gasteiger partial charge on any atom is 0.257 e. The van der Waals surface area contributed by atoms with Gasteiger partial charge in [0.2, 0.25) is 0 Å². The van der Waals surface area contributed by atoms with Gasteiger partial charge in [-0.25, -0.2) is 0 Å². The lowest BCUT2D eigenvalue weighted by atomic mass is 9.91. The van der Waals surface area contributed by atoms with Crippen LogP contribution in [0.5, 0.6) is 0 Å². The highest BCUT2D eigenvalue weighted by Gasteiger charge is 2.24. The standard InChI is InChI=1S/C14H19N5O/c1-18-10-13(9-17-18)14(20)19-4-2-11(3-5-19)6-12-7-15-16-8-12/h7-11H,2-6H2,1H3,(H,15,16). The van der Waals surface area contributed by atoms with Gasteiger partial charge in [-0.2, -0.15) is 10.2 Å². The summed E-state index contributed by atoms with van der Waals surface area (Å²) in [6.07, 6.45) is 10.4. The monoisotopic (exact) mass is 273 g/mol. The third-order valence-corrected chi connectivity index (χ3v) is 3.93. The Morgan fingerprint density at radius 1 is 1.40 bits per heavy atom. The third-order valence-electron chi connectivity index (χ3n) is 3.93. The Kier molecular flexibility index (Phi) is 3.54. The van der Waals surface area contributed by atoms with E-state index in [4.69, 9.17) is 0 Å². The summed E-state index contributed by atoms with van der Waals surface area (Å²) in [4.78, 5) is 14.2. The molecular formula is C14H19N5O. The molecule has 1 aliphatic rings. The molecule has 6 heteroatoms. The largest absolute Gasteiger partial charge is 0.339 e. The van der Waals surface area contributed by atoms with E-state index in [1.807, 2.05) is 24.3 Å². The van der Waals surface area contributed by atoms with E-state index in [0.717, 1.165) is 32.4 Å². The summed E-state index contributed by atoms with van der Waals surface area (Å²) in [7, 11) is 1.83. The quantitative estimate of drug-likeness (QED) is 0.915. The van der Waals surface area contributed by atoms with Crippen molar-refractivity contribution in [3.8, 4) is 0 Å². The van der Waals surface area contributed by atoms with Gasteiger partial charge in [-0.3, -0.25) is 14.6 Å². The van der Waals surface area contributed by atoms with Crippen LogP contribution < -0.4 is 0 Å². The minimum Gasteiger partial charge on any atom is -0.339 e. The fraction of sp³-hybridized carbons (Fsp3) is 0.500. The van der Waals surface area contributed by atoms with Gasteiger partial charge in [0, 0.05) is 32.5 Å². The molecule has 0 saturated carbocycles. The molecule has 6 nitrogen and oxygen atoms in total. The van der Waals surface area contributed by atoms with Gasteiger partial charge in [0.05, 0.1) is 18.0 Å². The molecule has 0 unspecified atom stereocenters. The number of carbonyl (C=O) groups excluding carboxylic acids is 1. The smallest absolute Gasteiger partial charge is 0.257 e. The van der Waals surface area contributed by atoms with Crippen LogP contribution in [0.15, 0.2) is 24.8 Å². The Hall–Kier alpha value is -2.11. The molecule has 1 saturated heterocycles. The number of hydrogen-bond donors (Lipinski definition) is 1. The second kappa shape index (κ2) is 5.48. The van der Waals surface area contributed by atoms with Gasteiger partial charge in [0.15, 0.2) is 0 Å². The molecule has 0 radical (unpaired) electrons. The molecular weight excluding hydrogens is 254 g/mol. The van der Waals surface area contributed by atoms with Gasteiger partial charge in [-0.15, -0.1) is 0 Å². The van der Waals surface area contributed by atoms with Gasteiger partial charge >= 0.3 is 0 Å². The lowest BCUT2D eigenvalue weighted by Gasteiger charge is -2.31. The van der Waals surface area contributed by atoms with E-state index in [1.54, 1.807) is 17.1 Å².